The Labute approximate surface area is 148 Å². The van der Waals surface area contributed by atoms with Crippen molar-refractivity contribution in [3.8, 4) is 11.5 Å². The second-order valence-corrected chi connectivity index (χ2v) is 6.69. The van der Waals surface area contributed by atoms with E-state index in [0.717, 1.165) is 28.8 Å². The SMILES string of the molecule is C=C(CCc1ccc2c(c1)OCO2)NN=C1NC(=O)CC(C(=O)[O-])S1. The highest BCUT2D eigenvalue weighted by atomic mass is 32.2. The quantitative estimate of drug-likeness (QED) is 0.690. The van der Waals surface area contributed by atoms with Crippen LogP contribution in [0.25, 0.3) is 0 Å². The van der Waals surface area contributed by atoms with Gasteiger partial charge < -0.3 is 24.7 Å². The van der Waals surface area contributed by atoms with Crippen molar-refractivity contribution in [1.29, 1.82) is 0 Å². The highest BCUT2D eigenvalue weighted by Gasteiger charge is 2.25. The van der Waals surface area contributed by atoms with Crippen molar-refractivity contribution >= 4 is 28.8 Å². The number of nitrogens with one attached hydrogen (secondary N) is 2. The monoisotopic (exact) mass is 362 g/mol. The third-order valence-corrected chi connectivity index (χ3v) is 4.66. The van der Waals surface area contributed by atoms with Crippen LogP contribution in [0.1, 0.15) is 18.4 Å². The number of hydrogen-bond donors (Lipinski definition) is 2. The minimum absolute atomic E-state index is 0.128. The molecule has 1 unspecified atom stereocenters. The molecular weight excluding hydrogens is 346 g/mol. The van der Waals surface area contributed by atoms with Crippen molar-refractivity contribution in [3.63, 3.8) is 0 Å². The summed E-state index contributed by atoms with van der Waals surface area (Å²) in [7, 11) is 0. The summed E-state index contributed by atoms with van der Waals surface area (Å²) in [6, 6.07) is 5.74. The molecule has 9 heteroatoms. The Morgan fingerprint density at radius 1 is 1.44 bits per heavy atom. The fourth-order valence-electron chi connectivity index (χ4n) is 2.31. The minimum atomic E-state index is -1.28. The zero-order chi connectivity index (χ0) is 17.8. The number of nitrogens with zero attached hydrogens (tertiary/aromatic N) is 1. The molecule has 2 aliphatic heterocycles. The van der Waals surface area contributed by atoms with Crippen molar-refractivity contribution in [3.05, 3.63) is 36.0 Å². The normalized spacial score (nSPS) is 20.2. The van der Waals surface area contributed by atoms with Crippen LogP contribution in [0.4, 0.5) is 0 Å². The number of carboxylic acid groups (broad SMARTS) is 1. The molecule has 2 heterocycles. The molecule has 0 aromatic heterocycles. The number of rotatable bonds is 6. The summed E-state index contributed by atoms with van der Waals surface area (Å²) in [6.07, 6.45) is 1.20. The van der Waals surface area contributed by atoms with Gasteiger partial charge in [0.25, 0.3) is 0 Å². The van der Waals surface area contributed by atoms with Gasteiger partial charge in [-0.15, -0.1) is 0 Å². The van der Waals surface area contributed by atoms with Crippen LogP contribution in [0.5, 0.6) is 11.5 Å². The molecule has 132 valence electrons. The fourth-order valence-corrected chi connectivity index (χ4v) is 3.18. The van der Waals surface area contributed by atoms with Gasteiger partial charge in [0.05, 0.1) is 11.2 Å². The number of aryl methyl sites for hydroxylation is 1. The molecule has 0 saturated carbocycles. The van der Waals surface area contributed by atoms with Crippen molar-refractivity contribution in [2.75, 3.05) is 6.79 Å². The van der Waals surface area contributed by atoms with E-state index in [4.69, 9.17) is 9.47 Å². The number of carbonyl (C=O) groups is 2. The Balaban J connectivity index is 1.50. The summed E-state index contributed by atoms with van der Waals surface area (Å²) >= 11 is 0.935. The van der Waals surface area contributed by atoms with E-state index in [9.17, 15) is 14.7 Å². The number of carbonyl (C=O) groups excluding carboxylic acids is 2. The van der Waals surface area contributed by atoms with Crippen LogP contribution in [-0.4, -0.2) is 29.1 Å². The van der Waals surface area contributed by atoms with Gasteiger partial charge in [0.15, 0.2) is 16.7 Å². The Hall–Kier alpha value is -2.68. The predicted molar refractivity (Wildman–Crippen MR) is 89.7 cm³/mol. The van der Waals surface area contributed by atoms with E-state index < -0.39 is 17.1 Å². The number of ether oxygens (including phenoxy) is 2. The largest absolute Gasteiger partial charge is 0.549 e. The predicted octanol–water partition coefficient (Wildman–Crippen LogP) is 0.0938. The number of allylic oxidation sites excluding steroid dienone is 1. The topological polar surface area (TPSA) is 112 Å². The third kappa shape index (κ3) is 4.44. The standard InChI is InChI=1S/C16H17N3O5S/c1-9(2-3-10-4-5-11-12(6-10)24-8-23-11)18-19-16-17-14(20)7-13(25-16)15(21)22/h4-6,13,18H,1-3,7-8H2,(H,21,22)(H,17,19,20)/p-1. The van der Waals surface area contributed by atoms with Gasteiger partial charge in [0, 0.05) is 12.1 Å². The highest BCUT2D eigenvalue weighted by Crippen LogP contribution is 2.32. The number of fused-ring (bicyclic) bond motifs is 1. The lowest BCUT2D eigenvalue weighted by Crippen LogP contribution is -2.45. The Morgan fingerprint density at radius 2 is 2.24 bits per heavy atom. The molecule has 0 bridgehead atoms. The summed E-state index contributed by atoms with van der Waals surface area (Å²) < 4.78 is 10.6. The third-order valence-electron chi connectivity index (χ3n) is 3.60. The van der Waals surface area contributed by atoms with E-state index in [0.29, 0.717) is 18.5 Å². The van der Waals surface area contributed by atoms with E-state index in [1.807, 2.05) is 18.2 Å². The first-order valence-corrected chi connectivity index (χ1v) is 8.46. The molecule has 1 aromatic rings. The first-order chi connectivity index (χ1) is 12.0. The second kappa shape index (κ2) is 7.47. The molecule has 2 aliphatic rings. The van der Waals surface area contributed by atoms with E-state index >= 15 is 0 Å². The van der Waals surface area contributed by atoms with Gasteiger partial charge >= 0.3 is 0 Å². The van der Waals surface area contributed by atoms with E-state index in [-0.39, 0.29) is 18.4 Å². The molecule has 2 N–H and O–H groups in total. The van der Waals surface area contributed by atoms with Gasteiger partial charge in [-0.25, -0.2) is 0 Å². The van der Waals surface area contributed by atoms with Gasteiger partial charge in [0.2, 0.25) is 12.7 Å². The fraction of sp³-hybridized carbons (Fsp3) is 0.312. The number of hydrogen-bond acceptors (Lipinski definition) is 8. The number of aliphatic carboxylic acids is 1. The summed E-state index contributed by atoms with van der Waals surface area (Å²) in [6.45, 7) is 4.11. The molecule has 3 rings (SSSR count). The van der Waals surface area contributed by atoms with Crippen molar-refractivity contribution in [2.24, 2.45) is 5.10 Å². The molecule has 1 aromatic carbocycles. The van der Waals surface area contributed by atoms with Crippen LogP contribution in [-0.2, 0) is 16.0 Å². The lowest BCUT2D eigenvalue weighted by molar-refractivity contribution is -0.304. The molecular formula is C16H16N3O5S-. The van der Waals surface area contributed by atoms with E-state index in [1.54, 1.807) is 0 Å². The Morgan fingerprint density at radius 3 is 3.04 bits per heavy atom. The van der Waals surface area contributed by atoms with Crippen LogP contribution < -0.4 is 25.3 Å². The minimum Gasteiger partial charge on any atom is -0.549 e. The molecule has 1 atom stereocenters. The van der Waals surface area contributed by atoms with E-state index in [2.05, 4.69) is 22.4 Å². The Kier molecular flexibility index (Phi) is 5.13. The maximum absolute atomic E-state index is 11.5. The molecule has 1 amide bonds. The molecule has 25 heavy (non-hydrogen) atoms. The number of carboxylic acids is 1. The van der Waals surface area contributed by atoms with Crippen molar-refractivity contribution < 1.29 is 24.2 Å². The lowest BCUT2D eigenvalue weighted by Gasteiger charge is -2.23. The molecule has 0 radical (unpaired) electrons. The van der Waals surface area contributed by atoms with Gasteiger partial charge in [-0.1, -0.05) is 24.4 Å². The number of amidine groups is 1. The van der Waals surface area contributed by atoms with Crippen molar-refractivity contribution in [2.45, 2.75) is 24.5 Å². The average molecular weight is 362 g/mol. The average Bonchev–Trinajstić information content (AvgIpc) is 3.05. The van der Waals surface area contributed by atoms with Gasteiger partial charge in [-0.2, -0.15) is 5.10 Å². The van der Waals surface area contributed by atoms with Crippen LogP contribution in [0.2, 0.25) is 0 Å². The van der Waals surface area contributed by atoms with Gasteiger partial charge in [-0.05, 0) is 30.5 Å². The molecule has 8 nitrogen and oxygen atoms in total. The van der Waals surface area contributed by atoms with Crippen LogP contribution >= 0.6 is 11.8 Å². The van der Waals surface area contributed by atoms with Crippen LogP contribution in [0.3, 0.4) is 0 Å². The maximum Gasteiger partial charge on any atom is 0.231 e. The van der Waals surface area contributed by atoms with Gasteiger partial charge in [-0.3, -0.25) is 10.2 Å². The summed E-state index contributed by atoms with van der Waals surface area (Å²) in [5, 5.41) is 16.7. The zero-order valence-corrected chi connectivity index (χ0v) is 14.1. The molecule has 1 fully saturated rings. The molecule has 0 spiro atoms. The lowest BCUT2D eigenvalue weighted by atomic mass is 10.1. The first kappa shape index (κ1) is 17.2. The maximum atomic E-state index is 11.5. The highest BCUT2D eigenvalue weighted by molar-refractivity contribution is 8.15. The van der Waals surface area contributed by atoms with Crippen molar-refractivity contribution in [1.82, 2.24) is 10.7 Å². The second-order valence-electron chi connectivity index (χ2n) is 5.50. The van der Waals surface area contributed by atoms with Crippen LogP contribution in [0.15, 0.2) is 35.6 Å². The summed E-state index contributed by atoms with van der Waals surface area (Å²) in [4.78, 5) is 22.4. The van der Waals surface area contributed by atoms with Gasteiger partial charge in [0.1, 0.15) is 0 Å². The van der Waals surface area contributed by atoms with Crippen LogP contribution in [0, 0.1) is 0 Å². The molecule has 0 aliphatic carbocycles. The number of benzene rings is 1. The number of hydrazone groups is 1. The summed E-state index contributed by atoms with van der Waals surface area (Å²) in [5.74, 6) is -0.223. The van der Waals surface area contributed by atoms with E-state index in [1.165, 1.54) is 0 Å². The number of thioether (sulfide) groups is 1. The Bertz CT molecular complexity index is 749. The number of amides is 1. The smallest absolute Gasteiger partial charge is 0.231 e. The zero-order valence-electron chi connectivity index (χ0n) is 13.2. The molecule has 1 saturated heterocycles. The first-order valence-electron chi connectivity index (χ1n) is 7.58. The summed E-state index contributed by atoms with van der Waals surface area (Å²) in [5.41, 5.74) is 4.45.